The minimum absolute atomic E-state index is 0. The van der Waals surface area contributed by atoms with Crippen molar-refractivity contribution in [2.24, 2.45) is 0 Å². The van der Waals surface area contributed by atoms with Crippen molar-refractivity contribution in [2.45, 2.75) is 20.8 Å². The van der Waals surface area contributed by atoms with Crippen LogP contribution in [0.3, 0.4) is 0 Å². The molecule has 0 amide bonds. The van der Waals surface area contributed by atoms with Crippen LogP contribution in [0.1, 0.15) is 31.1 Å². The smallest absolute Gasteiger partial charge is 0.299 e. The van der Waals surface area contributed by atoms with Gasteiger partial charge in [0.05, 0.1) is 5.75 Å². The van der Waals surface area contributed by atoms with E-state index in [0.717, 1.165) is 0 Å². The van der Waals surface area contributed by atoms with Crippen LogP contribution in [0, 0.1) is 6.07 Å². The van der Waals surface area contributed by atoms with Gasteiger partial charge in [0.15, 0.2) is 0 Å². The molecule has 1 aromatic carbocycles. The van der Waals surface area contributed by atoms with E-state index in [-0.39, 0.29) is 31.7 Å². The molecule has 0 aliphatic heterocycles. The summed E-state index contributed by atoms with van der Waals surface area (Å²) in [6, 6.07) is 6.86. The largest absolute Gasteiger partial charge is 0.521 e. The second-order valence-electron chi connectivity index (χ2n) is 2.31. The third kappa shape index (κ3) is 5.64. The van der Waals surface area contributed by atoms with E-state index in [0.29, 0.717) is 0 Å². The Morgan fingerprint density at radius 2 is 1.94 bits per heavy atom. The number of carbonyl (C=O) groups excluding carboxylic acids is 1. The predicted molar refractivity (Wildman–Crippen MR) is 54.9 cm³/mol. The van der Waals surface area contributed by atoms with Gasteiger partial charge in [-0.2, -0.15) is 0 Å². The van der Waals surface area contributed by atoms with Crippen LogP contribution >= 0.6 is 0 Å². The van der Waals surface area contributed by atoms with Gasteiger partial charge in [0.2, 0.25) is 0 Å². The molecule has 1 aromatic rings. The number of carboxylic acid groups (broad SMARTS) is 1. The summed E-state index contributed by atoms with van der Waals surface area (Å²) in [6.07, 6.45) is 0. The van der Waals surface area contributed by atoms with Crippen LogP contribution in [0.15, 0.2) is 18.2 Å². The average Bonchev–Trinajstić information content (AvgIpc) is 2.20. The monoisotopic (exact) mass is 396 g/mol. The molecule has 0 atom stereocenters. The van der Waals surface area contributed by atoms with Crippen molar-refractivity contribution in [3.63, 3.8) is 0 Å². The molecule has 1 rings (SSSR count). The first-order valence-corrected chi connectivity index (χ1v) is 4.53. The third-order valence-corrected chi connectivity index (χ3v) is 1.29. The minimum atomic E-state index is -1.17. The molecule has 0 aromatic heterocycles. The maximum Gasteiger partial charge on any atom is 0.299 e. The van der Waals surface area contributed by atoms with Gasteiger partial charge in [-0.25, -0.2) is 0 Å². The quantitative estimate of drug-likeness (QED) is 0.474. The van der Waals surface area contributed by atoms with Crippen molar-refractivity contribution < 1.29 is 39.9 Å². The molecular formula is C11H13O4Re-. The SMILES string of the molecule is CC.CC(=O)Oc1ccc[c-]c1C(=O)O.[Re]. The van der Waals surface area contributed by atoms with Gasteiger partial charge in [0.25, 0.3) is 11.9 Å². The number of ether oxygens (including phenoxy) is 1. The second-order valence-corrected chi connectivity index (χ2v) is 2.31. The second kappa shape index (κ2) is 9.08. The fourth-order valence-corrected chi connectivity index (χ4v) is 0.828. The molecule has 0 saturated carbocycles. The van der Waals surface area contributed by atoms with Gasteiger partial charge in [0, 0.05) is 27.3 Å². The average molecular weight is 395 g/mol. The molecule has 0 unspecified atom stereocenters. The number of benzene rings is 1. The number of hydrogen-bond acceptors (Lipinski definition) is 3. The third-order valence-electron chi connectivity index (χ3n) is 1.29. The zero-order chi connectivity index (χ0) is 11.8. The van der Waals surface area contributed by atoms with Gasteiger partial charge in [-0.05, 0) is 5.56 Å². The first-order valence-electron chi connectivity index (χ1n) is 4.53. The van der Waals surface area contributed by atoms with Crippen molar-refractivity contribution in [3.05, 3.63) is 29.8 Å². The zero-order valence-electron chi connectivity index (χ0n) is 9.28. The number of rotatable bonds is 2. The molecule has 0 aliphatic carbocycles. The van der Waals surface area contributed by atoms with E-state index >= 15 is 0 Å². The Bertz CT molecular complexity index is 350. The Morgan fingerprint density at radius 3 is 2.38 bits per heavy atom. The van der Waals surface area contributed by atoms with Crippen LogP contribution in [0.25, 0.3) is 0 Å². The molecule has 1 N–H and O–H groups in total. The van der Waals surface area contributed by atoms with E-state index in [9.17, 15) is 9.59 Å². The summed E-state index contributed by atoms with van der Waals surface area (Å²) in [6.45, 7) is 5.21. The fourth-order valence-electron chi connectivity index (χ4n) is 0.828. The molecular weight excluding hydrogens is 382 g/mol. The maximum atomic E-state index is 10.6. The van der Waals surface area contributed by atoms with E-state index in [1.807, 2.05) is 13.8 Å². The zero-order valence-corrected chi connectivity index (χ0v) is 12.0. The van der Waals surface area contributed by atoms with E-state index in [4.69, 9.17) is 5.11 Å². The normalized spacial score (nSPS) is 7.94. The number of carboxylic acids is 1. The van der Waals surface area contributed by atoms with Gasteiger partial charge in [-0.15, -0.1) is 24.3 Å². The Hall–Kier alpha value is -1.18. The number of hydrogen-bond donors (Lipinski definition) is 1. The van der Waals surface area contributed by atoms with Crippen LogP contribution in [0.5, 0.6) is 5.75 Å². The molecule has 5 heteroatoms. The predicted octanol–water partition coefficient (Wildman–Crippen LogP) is 2.13. The first kappa shape index (κ1) is 17.2. The fraction of sp³-hybridized carbons (Fsp3) is 0.273. The summed E-state index contributed by atoms with van der Waals surface area (Å²) in [5.41, 5.74) is -0.141. The Balaban J connectivity index is 0. The molecule has 89 valence electrons. The van der Waals surface area contributed by atoms with E-state index < -0.39 is 11.9 Å². The Morgan fingerprint density at radius 1 is 1.38 bits per heavy atom. The Kier molecular flexibility index (Phi) is 9.77. The molecule has 4 nitrogen and oxygen atoms in total. The summed E-state index contributed by atoms with van der Waals surface area (Å²) < 4.78 is 4.66. The standard InChI is InChI=1S/C9H7O4.C2H6.Re/c1-6(10)13-8-5-3-2-4-7(8)9(11)12;1-2;/h2-3,5H,1H3,(H,11,12);1-2H3;/q-1;;. The van der Waals surface area contributed by atoms with Gasteiger partial charge in [-0.1, -0.05) is 13.8 Å². The molecule has 0 heterocycles. The number of esters is 1. The van der Waals surface area contributed by atoms with Crippen LogP contribution in [-0.4, -0.2) is 17.0 Å². The molecule has 16 heavy (non-hydrogen) atoms. The van der Waals surface area contributed by atoms with Crippen molar-refractivity contribution in [2.75, 3.05) is 0 Å². The maximum absolute atomic E-state index is 10.6. The van der Waals surface area contributed by atoms with Gasteiger partial charge < -0.3 is 14.6 Å². The number of aromatic carboxylic acids is 1. The molecule has 0 saturated heterocycles. The molecule has 0 aliphatic rings. The van der Waals surface area contributed by atoms with Crippen molar-refractivity contribution >= 4 is 11.9 Å². The van der Waals surface area contributed by atoms with Crippen molar-refractivity contribution in [3.8, 4) is 5.75 Å². The van der Waals surface area contributed by atoms with Crippen LogP contribution in [0.2, 0.25) is 0 Å². The van der Waals surface area contributed by atoms with Gasteiger partial charge in [-0.3, -0.25) is 4.79 Å². The summed E-state index contributed by atoms with van der Waals surface area (Å²) in [5.74, 6) is -1.71. The molecule has 0 fully saturated rings. The van der Waals surface area contributed by atoms with E-state index in [1.165, 1.54) is 19.1 Å². The van der Waals surface area contributed by atoms with Gasteiger partial charge >= 0.3 is 0 Å². The topological polar surface area (TPSA) is 63.6 Å². The summed E-state index contributed by atoms with van der Waals surface area (Å²) in [4.78, 5) is 21.1. The summed E-state index contributed by atoms with van der Waals surface area (Å²) in [5, 5.41) is 8.66. The summed E-state index contributed by atoms with van der Waals surface area (Å²) >= 11 is 0. The summed E-state index contributed by atoms with van der Waals surface area (Å²) in [7, 11) is 0. The van der Waals surface area contributed by atoms with Crippen LogP contribution in [0.4, 0.5) is 0 Å². The molecule has 0 bridgehead atoms. The first-order chi connectivity index (χ1) is 7.11. The van der Waals surface area contributed by atoms with Crippen molar-refractivity contribution in [1.29, 1.82) is 0 Å². The number of carbonyl (C=O) groups is 2. The van der Waals surface area contributed by atoms with E-state index in [2.05, 4.69) is 10.8 Å². The minimum Gasteiger partial charge on any atom is -0.521 e. The Labute approximate surface area is 108 Å². The van der Waals surface area contributed by atoms with E-state index in [1.54, 1.807) is 6.07 Å². The molecule has 1 radical (unpaired) electrons. The molecule has 0 spiro atoms. The van der Waals surface area contributed by atoms with Crippen LogP contribution in [-0.2, 0) is 25.2 Å². The van der Waals surface area contributed by atoms with Crippen LogP contribution < -0.4 is 4.74 Å². The van der Waals surface area contributed by atoms with Gasteiger partial charge in [0.1, 0.15) is 0 Å². The van der Waals surface area contributed by atoms with Crippen molar-refractivity contribution in [1.82, 2.24) is 0 Å².